The van der Waals surface area contributed by atoms with Crippen LogP contribution in [0.25, 0.3) is 0 Å². The minimum Gasteiger partial charge on any atom is -0.436 e. The highest BCUT2D eigenvalue weighted by Gasteiger charge is 2.85. The Kier molecular flexibility index (Phi) is 7.26. The highest BCUT2D eigenvalue weighted by molar-refractivity contribution is 6.08. The van der Waals surface area contributed by atoms with Crippen molar-refractivity contribution in [2.45, 2.75) is 69.1 Å². The Balaban J connectivity index is 2.98. The van der Waals surface area contributed by atoms with Gasteiger partial charge in [-0.15, -0.1) is 0 Å². The molecule has 2 rings (SSSR count). The van der Waals surface area contributed by atoms with Gasteiger partial charge < -0.3 is 36.0 Å². The van der Waals surface area contributed by atoms with Gasteiger partial charge in [0.25, 0.3) is 12.0 Å². The van der Waals surface area contributed by atoms with Crippen molar-refractivity contribution in [2.24, 2.45) is 0 Å². The molecular weight excluding hydrogens is 480 g/mol. The first-order chi connectivity index (χ1) is 15.8. The zero-order valence-electron chi connectivity index (χ0n) is 19.0. The van der Waals surface area contributed by atoms with E-state index >= 15 is 0 Å². The smallest absolute Gasteiger partial charge is 0.367 e. The van der Waals surface area contributed by atoms with E-state index in [9.17, 15) is 53.5 Å². The van der Waals surface area contributed by atoms with Crippen molar-refractivity contribution in [1.82, 2.24) is 0 Å². The average Bonchev–Trinajstić information content (AvgIpc) is 2.74. The van der Waals surface area contributed by atoms with Crippen molar-refractivity contribution in [2.75, 3.05) is 5.73 Å². The van der Waals surface area contributed by atoms with Crippen molar-refractivity contribution in [3.05, 3.63) is 23.8 Å². The van der Waals surface area contributed by atoms with Gasteiger partial charge in [0, 0.05) is 5.69 Å². The van der Waals surface area contributed by atoms with E-state index in [4.69, 9.17) is 15.2 Å². The molecule has 1 aliphatic rings. The molecule has 1 aromatic carbocycles. The molecule has 1 aliphatic heterocycles. The summed E-state index contributed by atoms with van der Waals surface area (Å²) in [4.78, 5) is 50.5. The van der Waals surface area contributed by atoms with E-state index in [1.165, 1.54) is 0 Å². The molecule has 0 spiro atoms. The van der Waals surface area contributed by atoms with Gasteiger partial charge in [-0.1, -0.05) is 0 Å². The van der Waals surface area contributed by atoms with Crippen molar-refractivity contribution in [1.29, 1.82) is 0 Å². The lowest BCUT2D eigenvalue weighted by atomic mass is 9.59. The third kappa shape index (κ3) is 3.82. The molecule has 1 fully saturated rings. The number of benzene rings is 1. The van der Waals surface area contributed by atoms with Gasteiger partial charge in [0.1, 0.15) is 11.9 Å². The van der Waals surface area contributed by atoms with Crippen LogP contribution in [0.5, 0.6) is 5.75 Å². The lowest BCUT2D eigenvalue weighted by Gasteiger charge is -2.59. The Bertz CT molecular complexity index is 1080. The van der Waals surface area contributed by atoms with Crippen LogP contribution in [0.1, 0.15) is 39.7 Å². The molecule has 1 aromatic rings. The highest BCUT2D eigenvalue weighted by Crippen LogP contribution is 2.51. The summed E-state index contributed by atoms with van der Waals surface area (Å²) in [5.41, 5.74) is -7.66. The number of nitrogen functional groups attached to an aromatic ring is 1. The fourth-order valence-electron chi connectivity index (χ4n) is 4.02. The van der Waals surface area contributed by atoms with E-state index < -0.39 is 75.9 Å². The lowest BCUT2D eigenvalue weighted by molar-refractivity contribution is -0.458. The number of ketones is 4. The molecule has 194 valence electrons. The SMILES string of the molecule is CC(=O)[C@@]1(O)[C@](O)(C(C)=O)[C@@](O)(Oc2ccc(N)cc2C(F)F)O[C@H](C(=O)C(C)O)[C@@]1(O)C(C)=O. The number of aliphatic hydroxyl groups is 5. The minimum atomic E-state index is -4.09. The molecule has 0 bridgehead atoms. The summed E-state index contributed by atoms with van der Waals surface area (Å²) in [7, 11) is 0. The zero-order chi connectivity index (χ0) is 27.3. The second-order valence-electron chi connectivity index (χ2n) is 8.21. The quantitative estimate of drug-likeness (QED) is 0.177. The number of rotatable bonds is 8. The molecule has 6 atom stereocenters. The van der Waals surface area contributed by atoms with E-state index in [0.29, 0.717) is 26.8 Å². The third-order valence-electron chi connectivity index (χ3n) is 5.93. The topological polar surface area (TPSA) is 214 Å². The summed E-state index contributed by atoms with van der Waals surface area (Å²) in [5, 5.41) is 54.8. The standard InChI is InChI=1S/C21H25F2NO11/c1-8(25)15(29)16-18(30,9(2)26)19(31,10(3)27)20(32,11(4)28)21(33,35-16)34-14-6-5-12(24)7-13(14)17(22)23/h5-8,16-17,25,30-33H,24H2,1-4H3/t8?,16-,18+,19+,20-,21-/m1/s1. The van der Waals surface area contributed by atoms with Crippen LogP contribution in [0, 0.1) is 0 Å². The minimum absolute atomic E-state index is 0.195. The van der Waals surface area contributed by atoms with Gasteiger partial charge in [-0.2, -0.15) is 0 Å². The van der Waals surface area contributed by atoms with Crippen LogP contribution < -0.4 is 10.5 Å². The van der Waals surface area contributed by atoms with E-state index in [2.05, 4.69) is 0 Å². The van der Waals surface area contributed by atoms with Crippen molar-refractivity contribution < 1.29 is 63.0 Å². The van der Waals surface area contributed by atoms with Gasteiger partial charge in [0.05, 0.1) is 5.56 Å². The monoisotopic (exact) mass is 505 g/mol. The van der Waals surface area contributed by atoms with E-state index in [1.54, 1.807) is 0 Å². The van der Waals surface area contributed by atoms with Crippen molar-refractivity contribution in [3.63, 3.8) is 0 Å². The summed E-state index contributed by atoms with van der Waals surface area (Å²) >= 11 is 0. The summed E-state index contributed by atoms with van der Waals surface area (Å²) in [6, 6.07) is 2.45. The van der Waals surface area contributed by atoms with Crippen LogP contribution in [0.3, 0.4) is 0 Å². The Morgan fingerprint density at radius 1 is 1.00 bits per heavy atom. The van der Waals surface area contributed by atoms with E-state index in [1.807, 2.05) is 0 Å². The average molecular weight is 505 g/mol. The van der Waals surface area contributed by atoms with Crippen LogP contribution in [0.4, 0.5) is 14.5 Å². The summed E-state index contributed by atoms with van der Waals surface area (Å²) < 4.78 is 37.2. The van der Waals surface area contributed by atoms with Gasteiger partial charge in [0.15, 0.2) is 34.8 Å². The maximum atomic E-state index is 13.6. The number of aliphatic hydroxyl groups excluding tert-OH is 1. The zero-order valence-corrected chi connectivity index (χ0v) is 19.0. The highest BCUT2D eigenvalue weighted by atomic mass is 19.3. The van der Waals surface area contributed by atoms with E-state index in [0.717, 1.165) is 19.1 Å². The normalized spacial score (nSPS) is 33.8. The number of carbonyl (C=O) groups is 4. The van der Waals surface area contributed by atoms with Gasteiger partial charge in [-0.05, 0) is 45.9 Å². The Labute approximate surface area is 196 Å². The largest absolute Gasteiger partial charge is 0.436 e. The third-order valence-corrected chi connectivity index (χ3v) is 5.93. The number of carbonyl (C=O) groups excluding carboxylic acids is 4. The second-order valence-corrected chi connectivity index (χ2v) is 8.21. The first kappa shape index (κ1) is 28.4. The number of halogens is 2. The molecule has 0 aliphatic carbocycles. The van der Waals surface area contributed by atoms with Crippen LogP contribution in [-0.2, 0) is 23.9 Å². The molecule has 1 heterocycles. The summed E-state index contributed by atoms with van der Waals surface area (Å²) in [6.07, 6.45) is -8.23. The Morgan fingerprint density at radius 2 is 1.51 bits per heavy atom. The second kappa shape index (κ2) is 8.96. The first-order valence-electron chi connectivity index (χ1n) is 10.0. The van der Waals surface area contributed by atoms with Gasteiger partial charge in [-0.3, -0.25) is 23.9 Å². The maximum Gasteiger partial charge on any atom is 0.367 e. The number of alkyl halides is 2. The predicted molar refractivity (Wildman–Crippen MR) is 110 cm³/mol. The molecule has 1 unspecified atom stereocenters. The fourth-order valence-corrected chi connectivity index (χ4v) is 4.02. The summed E-state index contributed by atoms with van der Waals surface area (Å²) in [5.74, 6) is -11.7. The number of Topliss-reactive ketones (excluding diaryl/α,β-unsaturated/α-hetero) is 4. The van der Waals surface area contributed by atoms with Gasteiger partial charge in [-0.25, -0.2) is 8.78 Å². The Hall–Kier alpha value is -2.88. The number of hydrogen-bond donors (Lipinski definition) is 6. The van der Waals surface area contributed by atoms with E-state index in [-0.39, 0.29) is 5.69 Å². The van der Waals surface area contributed by atoms with Crippen LogP contribution >= 0.6 is 0 Å². The number of nitrogens with two attached hydrogens (primary N) is 1. The first-order valence-corrected chi connectivity index (χ1v) is 10.0. The molecule has 12 nitrogen and oxygen atoms in total. The Morgan fingerprint density at radius 3 is 1.91 bits per heavy atom. The molecule has 0 saturated carbocycles. The number of ether oxygens (including phenoxy) is 2. The van der Waals surface area contributed by atoms with Crippen LogP contribution in [0.15, 0.2) is 18.2 Å². The van der Waals surface area contributed by atoms with Crippen molar-refractivity contribution >= 4 is 28.8 Å². The number of hydrogen-bond acceptors (Lipinski definition) is 12. The van der Waals surface area contributed by atoms with Crippen LogP contribution in [-0.4, -0.2) is 83.6 Å². The van der Waals surface area contributed by atoms with Crippen molar-refractivity contribution in [3.8, 4) is 5.75 Å². The molecule has 14 heteroatoms. The molecular formula is C21H25F2NO11. The van der Waals surface area contributed by atoms with Gasteiger partial charge in [0.2, 0.25) is 5.60 Å². The molecule has 0 aromatic heterocycles. The molecule has 0 radical (unpaired) electrons. The van der Waals surface area contributed by atoms with Crippen LogP contribution in [0.2, 0.25) is 0 Å². The molecule has 0 amide bonds. The molecule has 35 heavy (non-hydrogen) atoms. The van der Waals surface area contributed by atoms with Gasteiger partial charge >= 0.3 is 5.97 Å². The number of anilines is 1. The molecule has 7 N–H and O–H groups in total. The predicted octanol–water partition coefficient (Wildman–Crippen LogP) is -1.46. The fraction of sp³-hybridized carbons (Fsp3) is 0.524. The lowest BCUT2D eigenvalue weighted by Crippen LogP contribution is -2.91. The summed E-state index contributed by atoms with van der Waals surface area (Å²) in [6.45, 7) is 2.37. The maximum absolute atomic E-state index is 13.6. The molecule has 1 saturated heterocycles.